The van der Waals surface area contributed by atoms with E-state index in [0.29, 0.717) is 11.3 Å². The predicted octanol–water partition coefficient (Wildman–Crippen LogP) is 2.12. The first-order valence-corrected chi connectivity index (χ1v) is 10.2. The number of hydrogen-bond acceptors (Lipinski definition) is 5. The van der Waals surface area contributed by atoms with Crippen LogP contribution in [0, 0.1) is 11.3 Å². The van der Waals surface area contributed by atoms with E-state index in [1.807, 2.05) is 13.2 Å². The Kier molecular flexibility index (Phi) is 4.07. The molecule has 5 rings (SSSR count). The van der Waals surface area contributed by atoms with Crippen molar-refractivity contribution in [2.75, 3.05) is 31.6 Å². The molecule has 0 bridgehead atoms. The van der Waals surface area contributed by atoms with Crippen LogP contribution in [0.25, 0.3) is 11.0 Å². The summed E-state index contributed by atoms with van der Waals surface area (Å²) in [6, 6.07) is 2.06. The molecule has 7 nitrogen and oxygen atoms in total. The molecule has 7 heteroatoms. The van der Waals surface area contributed by atoms with Crippen LogP contribution in [0.4, 0.5) is 5.82 Å². The molecular formula is C20H28N6O. The topological polar surface area (TPSA) is 77.2 Å². The highest BCUT2D eigenvalue weighted by atomic mass is 16.2. The first kappa shape index (κ1) is 17.0. The lowest BCUT2D eigenvalue weighted by atomic mass is 9.90. The summed E-state index contributed by atoms with van der Waals surface area (Å²) >= 11 is 0. The third-order valence-electron chi connectivity index (χ3n) is 6.76. The number of carbonyl (C=O) groups is 1. The number of rotatable bonds is 3. The molecule has 1 saturated carbocycles. The highest BCUT2D eigenvalue weighted by Gasteiger charge is 2.49. The quantitative estimate of drug-likeness (QED) is 0.868. The summed E-state index contributed by atoms with van der Waals surface area (Å²) in [6.45, 7) is 2.78. The predicted molar refractivity (Wildman–Crippen MR) is 104 cm³/mol. The van der Waals surface area contributed by atoms with Gasteiger partial charge in [0.2, 0.25) is 5.91 Å². The van der Waals surface area contributed by atoms with Gasteiger partial charge in [-0.3, -0.25) is 4.79 Å². The molecule has 1 spiro atoms. The molecule has 2 N–H and O–H groups in total. The Labute approximate surface area is 159 Å². The fraction of sp³-hybridized carbons (Fsp3) is 0.650. The Morgan fingerprint density at radius 3 is 3.00 bits per heavy atom. The second kappa shape index (κ2) is 6.48. The van der Waals surface area contributed by atoms with Crippen molar-refractivity contribution in [2.24, 2.45) is 11.3 Å². The van der Waals surface area contributed by atoms with Gasteiger partial charge in [-0.25, -0.2) is 9.97 Å². The maximum Gasteiger partial charge on any atom is 0.227 e. The molecule has 3 fully saturated rings. The van der Waals surface area contributed by atoms with Gasteiger partial charge in [0.25, 0.3) is 0 Å². The Morgan fingerprint density at radius 1 is 1.30 bits per heavy atom. The van der Waals surface area contributed by atoms with E-state index in [4.69, 9.17) is 0 Å². The van der Waals surface area contributed by atoms with Gasteiger partial charge >= 0.3 is 0 Å². The zero-order valence-electron chi connectivity index (χ0n) is 15.9. The minimum atomic E-state index is 0.134. The molecule has 2 aromatic rings. The zero-order chi connectivity index (χ0) is 18.4. The second-order valence-electron chi connectivity index (χ2n) is 8.53. The number of fused-ring (bicyclic) bond motifs is 1. The van der Waals surface area contributed by atoms with E-state index in [9.17, 15) is 4.79 Å². The monoisotopic (exact) mass is 368 g/mol. The summed E-state index contributed by atoms with van der Waals surface area (Å²) in [6.07, 6.45) is 10.3. The van der Waals surface area contributed by atoms with E-state index in [1.165, 1.54) is 12.8 Å². The number of nitrogens with one attached hydrogen (secondary N) is 2. The zero-order valence-corrected chi connectivity index (χ0v) is 15.9. The van der Waals surface area contributed by atoms with Gasteiger partial charge in [0.15, 0.2) is 0 Å². The number of likely N-dealkylation sites (tertiary alicyclic amines) is 1. The number of aromatic amines is 1. The number of hydrogen-bond donors (Lipinski definition) is 2. The first-order chi connectivity index (χ1) is 13.2. The molecule has 144 valence electrons. The van der Waals surface area contributed by atoms with Crippen LogP contribution in [0.15, 0.2) is 18.6 Å². The summed E-state index contributed by atoms with van der Waals surface area (Å²) in [5.74, 6) is 1.50. The number of nitrogens with zero attached hydrogens (tertiary/aromatic N) is 4. The normalized spacial score (nSPS) is 27.3. The highest BCUT2D eigenvalue weighted by molar-refractivity contribution is 5.87. The molecule has 27 heavy (non-hydrogen) atoms. The van der Waals surface area contributed by atoms with Gasteiger partial charge in [-0.2, -0.15) is 0 Å². The Hall–Kier alpha value is -2.15. The van der Waals surface area contributed by atoms with E-state index in [1.54, 1.807) is 6.33 Å². The van der Waals surface area contributed by atoms with E-state index in [-0.39, 0.29) is 12.1 Å². The lowest BCUT2D eigenvalue weighted by Crippen LogP contribution is -2.46. The van der Waals surface area contributed by atoms with Crippen molar-refractivity contribution >= 4 is 22.8 Å². The molecular weight excluding hydrogens is 340 g/mol. The van der Waals surface area contributed by atoms with Gasteiger partial charge in [0.1, 0.15) is 17.8 Å². The van der Waals surface area contributed by atoms with E-state index in [2.05, 4.69) is 36.1 Å². The Balaban J connectivity index is 1.39. The smallest absolute Gasteiger partial charge is 0.227 e. The third-order valence-corrected chi connectivity index (χ3v) is 6.76. The van der Waals surface area contributed by atoms with E-state index < -0.39 is 0 Å². The lowest BCUT2D eigenvalue weighted by molar-refractivity contribution is -0.137. The van der Waals surface area contributed by atoms with Crippen LogP contribution < -0.4 is 10.2 Å². The summed E-state index contributed by atoms with van der Waals surface area (Å²) in [7, 11) is 1.96. The molecule has 4 heterocycles. The fourth-order valence-electron chi connectivity index (χ4n) is 5.09. The van der Waals surface area contributed by atoms with Crippen molar-refractivity contribution in [3.05, 3.63) is 18.6 Å². The van der Waals surface area contributed by atoms with Crippen LogP contribution in [-0.4, -0.2) is 58.6 Å². The SMILES string of the molecule is CN[C@H]1CCCN1C(=O)C1CCN(c2ncnc3[nH]ccc23)CC2(CC2)C1. The Morgan fingerprint density at radius 2 is 2.19 bits per heavy atom. The number of H-pyrrole nitrogens is 1. The largest absolute Gasteiger partial charge is 0.355 e. The van der Waals surface area contributed by atoms with Crippen molar-refractivity contribution in [3.63, 3.8) is 0 Å². The van der Waals surface area contributed by atoms with Crippen LogP contribution in [0.1, 0.15) is 38.5 Å². The highest BCUT2D eigenvalue weighted by Crippen LogP contribution is 2.53. The molecule has 0 aromatic carbocycles. The van der Waals surface area contributed by atoms with Gasteiger partial charge in [0.05, 0.1) is 11.6 Å². The van der Waals surface area contributed by atoms with Crippen molar-refractivity contribution in [1.29, 1.82) is 0 Å². The van der Waals surface area contributed by atoms with Gasteiger partial charge in [-0.15, -0.1) is 0 Å². The van der Waals surface area contributed by atoms with Crippen molar-refractivity contribution in [2.45, 2.75) is 44.7 Å². The number of anilines is 1. The maximum atomic E-state index is 13.3. The van der Waals surface area contributed by atoms with Gasteiger partial charge in [-0.05, 0) is 57.1 Å². The van der Waals surface area contributed by atoms with Crippen molar-refractivity contribution < 1.29 is 4.79 Å². The number of carbonyl (C=O) groups excluding carboxylic acids is 1. The minimum Gasteiger partial charge on any atom is -0.355 e. The van der Waals surface area contributed by atoms with Crippen LogP contribution in [-0.2, 0) is 4.79 Å². The summed E-state index contributed by atoms with van der Waals surface area (Å²) in [4.78, 5) is 29.9. The lowest BCUT2D eigenvalue weighted by Gasteiger charge is -2.29. The number of aromatic nitrogens is 3. The van der Waals surface area contributed by atoms with Crippen molar-refractivity contribution in [3.8, 4) is 0 Å². The first-order valence-electron chi connectivity index (χ1n) is 10.2. The van der Waals surface area contributed by atoms with Crippen LogP contribution in [0.2, 0.25) is 0 Å². The standard InChI is InChI=1S/C20H28N6O/c1-21-16-3-2-9-26(16)19(27)14-5-10-25(12-20(11-14)6-7-20)18-15-4-8-22-17(15)23-13-24-18/h4,8,13-14,16,21H,2-3,5-7,9-12H2,1H3,(H,22,23,24)/t14?,16-/m1/s1. The minimum absolute atomic E-state index is 0.134. The van der Waals surface area contributed by atoms with E-state index in [0.717, 1.165) is 62.2 Å². The third kappa shape index (κ3) is 2.98. The molecule has 1 amide bonds. The molecule has 3 aliphatic rings. The second-order valence-corrected chi connectivity index (χ2v) is 8.53. The van der Waals surface area contributed by atoms with Crippen LogP contribution >= 0.6 is 0 Å². The van der Waals surface area contributed by atoms with E-state index >= 15 is 0 Å². The molecule has 1 unspecified atom stereocenters. The molecule has 0 radical (unpaired) electrons. The average Bonchev–Trinajstić information content (AvgIpc) is 3.10. The van der Waals surface area contributed by atoms with Crippen molar-refractivity contribution in [1.82, 2.24) is 25.2 Å². The van der Waals surface area contributed by atoms with Gasteiger partial charge in [-0.1, -0.05) is 0 Å². The van der Waals surface area contributed by atoms with Gasteiger partial charge in [0, 0.05) is 31.7 Å². The summed E-state index contributed by atoms with van der Waals surface area (Å²) in [5.41, 5.74) is 1.18. The summed E-state index contributed by atoms with van der Waals surface area (Å²) in [5, 5.41) is 4.39. The van der Waals surface area contributed by atoms with Crippen LogP contribution in [0.3, 0.4) is 0 Å². The molecule has 2 atom stereocenters. The van der Waals surface area contributed by atoms with Crippen LogP contribution in [0.5, 0.6) is 0 Å². The summed E-state index contributed by atoms with van der Waals surface area (Å²) < 4.78 is 0. The average molecular weight is 368 g/mol. The fourth-order valence-corrected chi connectivity index (χ4v) is 5.09. The van der Waals surface area contributed by atoms with Gasteiger partial charge < -0.3 is 20.1 Å². The molecule has 2 aliphatic heterocycles. The number of amides is 1. The molecule has 2 saturated heterocycles. The molecule has 2 aromatic heterocycles. The Bertz CT molecular complexity index is 844. The maximum absolute atomic E-state index is 13.3. The molecule has 1 aliphatic carbocycles.